The lowest BCUT2D eigenvalue weighted by molar-refractivity contribution is -0.120. The van der Waals surface area contributed by atoms with Crippen LogP contribution in [0.2, 0.25) is 0 Å². The van der Waals surface area contributed by atoms with Crippen LogP contribution in [0.3, 0.4) is 0 Å². The summed E-state index contributed by atoms with van der Waals surface area (Å²) in [5.41, 5.74) is 1.19. The number of nitrogens with one attached hydrogen (secondary N) is 1. The van der Waals surface area contributed by atoms with E-state index in [0.29, 0.717) is 12.3 Å². The van der Waals surface area contributed by atoms with E-state index in [4.69, 9.17) is 0 Å². The Morgan fingerprint density at radius 1 is 1.33 bits per heavy atom. The number of likely N-dealkylation sites (tertiary alicyclic amines) is 1. The standard InChI is InChI=1S/C17H23N3O/c21-16-10-15(14-2-1-7-18-11-14)17(19-16)5-8-20(9-6-17)12-13-3-4-13/h1-2,7,11,13,15H,3-6,8-10,12H2,(H,19,21)/t15-/m1/s1. The summed E-state index contributed by atoms with van der Waals surface area (Å²) >= 11 is 0. The second kappa shape index (κ2) is 5.09. The fourth-order valence-electron chi connectivity index (χ4n) is 4.09. The SMILES string of the molecule is O=C1C[C@H](c2cccnc2)C2(CCN(CC3CC3)CC2)N1. The third-order valence-electron chi connectivity index (χ3n) is 5.49. The highest BCUT2D eigenvalue weighted by Gasteiger charge is 2.48. The quantitative estimate of drug-likeness (QED) is 0.923. The molecule has 0 unspecified atom stereocenters. The van der Waals surface area contributed by atoms with Crippen molar-refractivity contribution >= 4 is 5.91 Å². The summed E-state index contributed by atoms with van der Waals surface area (Å²) < 4.78 is 0. The summed E-state index contributed by atoms with van der Waals surface area (Å²) in [4.78, 5) is 18.9. The Kier molecular flexibility index (Phi) is 3.21. The lowest BCUT2D eigenvalue weighted by Crippen LogP contribution is -2.53. The van der Waals surface area contributed by atoms with Gasteiger partial charge in [0.2, 0.25) is 5.91 Å². The summed E-state index contributed by atoms with van der Waals surface area (Å²) in [6.07, 6.45) is 9.33. The molecule has 0 bridgehead atoms. The zero-order valence-electron chi connectivity index (χ0n) is 12.4. The van der Waals surface area contributed by atoms with Crippen molar-refractivity contribution in [3.63, 3.8) is 0 Å². The molecule has 1 aliphatic carbocycles. The molecule has 1 atom stereocenters. The van der Waals surface area contributed by atoms with Crippen molar-refractivity contribution in [1.29, 1.82) is 0 Å². The zero-order valence-corrected chi connectivity index (χ0v) is 12.4. The molecule has 1 aromatic rings. The molecule has 2 aliphatic heterocycles. The van der Waals surface area contributed by atoms with Crippen molar-refractivity contribution in [2.24, 2.45) is 5.92 Å². The van der Waals surface area contributed by atoms with E-state index < -0.39 is 0 Å². The van der Waals surface area contributed by atoms with Gasteiger partial charge in [-0.15, -0.1) is 0 Å². The second-order valence-electron chi connectivity index (χ2n) is 6.99. The van der Waals surface area contributed by atoms with Crippen LogP contribution < -0.4 is 5.32 Å². The van der Waals surface area contributed by atoms with E-state index in [2.05, 4.69) is 21.3 Å². The summed E-state index contributed by atoms with van der Waals surface area (Å²) in [5, 5.41) is 3.31. The Morgan fingerprint density at radius 2 is 2.14 bits per heavy atom. The number of pyridine rings is 1. The Bertz CT molecular complexity index is 518. The van der Waals surface area contributed by atoms with E-state index in [0.717, 1.165) is 31.8 Å². The molecule has 0 radical (unpaired) electrons. The molecule has 1 aromatic heterocycles. The molecule has 3 aliphatic rings. The van der Waals surface area contributed by atoms with Crippen LogP contribution in [0.1, 0.15) is 43.6 Å². The topological polar surface area (TPSA) is 45.2 Å². The van der Waals surface area contributed by atoms with E-state index in [-0.39, 0.29) is 11.4 Å². The van der Waals surface area contributed by atoms with Crippen molar-refractivity contribution in [1.82, 2.24) is 15.2 Å². The molecule has 1 spiro atoms. The molecule has 1 saturated carbocycles. The molecule has 21 heavy (non-hydrogen) atoms. The monoisotopic (exact) mass is 285 g/mol. The van der Waals surface area contributed by atoms with Gasteiger partial charge in [0.05, 0.1) is 0 Å². The molecule has 1 N–H and O–H groups in total. The highest BCUT2D eigenvalue weighted by atomic mass is 16.2. The van der Waals surface area contributed by atoms with E-state index in [1.54, 1.807) is 6.20 Å². The number of rotatable bonds is 3. The fourth-order valence-corrected chi connectivity index (χ4v) is 4.09. The lowest BCUT2D eigenvalue weighted by Gasteiger charge is -2.43. The third-order valence-corrected chi connectivity index (χ3v) is 5.49. The fraction of sp³-hybridized carbons (Fsp3) is 0.647. The number of hydrogen-bond acceptors (Lipinski definition) is 3. The smallest absolute Gasteiger partial charge is 0.221 e. The van der Waals surface area contributed by atoms with Crippen LogP contribution in [-0.2, 0) is 4.79 Å². The van der Waals surface area contributed by atoms with Gasteiger partial charge in [-0.05, 0) is 43.2 Å². The van der Waals surface area contributed by atoms with Crippen LogP contribution >= 0.6 is 0 Å². The van der Waals surface area contributed by atoms with Gasteiger partial charge in [-0.2, -0.15) is 0 Å². The van der Waals surface area contributed by atoms with Gasteiger partial charge in [0.1, 0.15) is 0 Å². The molecule has 112 valence electrons. The molecular formula is C17H23N3O. The van der Waals surface area contributed by atoms with Gasteiger partial charge in [-0.1, -0.05) is 6.07 Å². The zero-order chi connectivity index (χ0) is 14.3. The van der Waals surface area contributed by atoms with Crippen LogP contribution in [0.4, 0.5) is 0 Å². The van der Waals surface area contributed by atoms with Gasteiger partial charge in [0, 0.05) is 49.9 Å². The van der Waals surface area contributed by atoms with E-state index in [9.17, 15) is 4.79 Å². The highest BCUT2D eigenvalue weighted by Crippen LogP contribution is 2.43. The highest BCUT2D eigenvalue weighted by molar-refractivity contribution is 5.81. The predicted molar refractivity (Wildman–Crippen MR) is 80.9 cm³/mol. The molecule has 1 amide bonds. The summed E-state index contributed by atoms with van der Waals surface area (Å²) in [7, 11) is 0. The molecule has 0 aromatic carbocycles. The molecule has 3 fully saturated rings. The summed E-state index contributed by atoms with van der Waals surface area (Å²) in [6, 6.07) is 4.10. The van der Waals surface area contributed by atoms with Gasteiger partial charge < -0.3 is 10.2 Å². The van der Waals surface area contributed by atoms with Crippen molar-refractivity contribution in [2.75, 3.05) is 19.6 Å². The second-order valence-corrected chi connectivity index (χ2v) is 6.99. The first kappa shape index (κ1) is 13.3. The maximum atomic E-state index is 12.0. The number of carbonyl (C=O) groups is 1. The van der Waals surface area contributed by atoms with E-state index in [1.165, 1.54) is 24.9 Å². The van der Waals surface area contributed by atoms with Crippen molar-refractivity contribution in [3.05, 3.63) is 30.1 Å². The first-order valence-corrected chi connectivity index (χ1v) is 8.18. The van der Waals surface area contributed by atoms with Crippen LogP contribution in [0.15, 0.2) is 24.5 Å². The maximum Gasteiger partial charge on any atom is 0.221 e. The maximum absolute atomic E-state index is 12.0. The Labute approximate surface area is 125 Å². The first-order valence-electron chi connectivity index (χ1n) is 8.18. The van der Waals surface area contributed by atoms with Crippen LogP contribution in [-0.4, -0.2) is 41.0 Å². The molecule has 3 heterocycles. The average molecular weight is 285 g/mol. The van der Waals surface area contributed by atoms with Gasteiger partial charge in [-0.25, -0.2) is 0 Å². The number of aromatic nitrogens is 1. The van der Waals surface area contributed by atoms with Gasteiger partial charge in [-0.3, -0.25) is 9.78 Å². The van der Waals surface area contributed by atoms with Crippen molar-refractivity contribution < 1.29 is 4.79 Å². The molecule has 4 nitrogen and oxygen atoms in total. The Balaban J connectivity index is 1.50. The number of hydrogen-bond donors (Lipinski definition) is 1. The third kappa shape index (κ3) is 2.57. The van der Waals surface area contributed by atoms with E-state index >= 15 is 0 Å². The molecule has 4 heteroatoms. The van der Waals surface area contributed by atoms with Crippen LogP contribution in [0, 0.1) is 5.92 Å². The van der Waals surface area contributed by atoms with Gasteiger partial charge in [0.25, 0.3) is 0 Å². The van der Waals surface area contributed by atoms with E-state index in [1.807, 2.05) is 12.3 Å². The minimum absolute atomic E-state index is 0.0276. The van der Waals surface area contributed by atoms with Gasteiger partial charge in [0.15, 0.2) is 0 Å². The first-order chi connectivity index (χ1) is 10.3. The van der Waals surface area contributed by atoms with Crippen LogP contribution in [0.25, 0.3) is 0 Å². The van der Waals surface area contributed by atoms with Crippen LogP contribution in [0.5, 0.6) is 0 Å². The van der Waals surface area contributed by atoms with Gasteiger partial charge >= 0.3 is 0 Å². The number of piperidine rings is 1. The molecule has 4 rings (SSSR count). The normalized spacial score (nSPS) is 28.8. The number of amides is 1. The predicted octanol–water partition coefficient (Wildman–Crippen LogP) is 1.93. The minimum atomic E-state index is -0.0276. The summed E-state index contributed by atoms with van der Waals surface area (Å²) in [5.74, 6) is 1.45. The Hall–Kier alpha value is -1.42. The largest absolute Gasteiger partial charge is 0.350 e. The minimum Gasteiger partial charge on any atom is -0.350 e. The summed E-state index contributed by atoms with van der Waals surface area (Å²) in [6.45, 7) is 3.50. The molecule has 2 saturated heterocycles. The molecular weight excluding hydrogens is 262 g/mol. The van der Waals surface area contributed by atoms with Crippen molar-refractivity contribution in [2.45, 2.75) is 43.6 Å². The van der Waals surface area contributed by atoms with Crippen molar-refractivity contribution in [3.8, 4) is 0 Å². The average Bonchev–Trinajstić information content (AvgIpc) is 3.26. The number of carbonyl (C=O) groups excluding carboxylic acids is 1. The lowest BCUT2D eigenvalue weighted by atomic mass is 9.74. The number of nitrogens with zero attached hydrogens (tertiary/aromatic N) is 2. The Morgan fingerprint density at radius 3 is 2.81 bits per heavy atom.